The molecule has 5 atom stereocenters. The first-order valence-electron chi connectivity index (χ1n) is 7.61. The first-order valence-corrected chi connectivity index (χ1v) is 9.71. The van der Waals surface area contributed by atoms with E-state index >= 15 is 0 Å². The Morgan fingerprint density at radius 2 is 1.70 bits per heavy atom. The number of fused-ring (bicyclic) bond motifs is 1. The third-order valence-electron chi connectivity index (χ3n) is 4.06. The van der Waals surface area contributed by atoms with Crippen molar-refractivity contribution in [2.75, 3.05) is 7.11 Å². The van der Waals surface area contributed by atoms with Crippen LogP contribution in [0.25, 0.3) is 0 Å². The van der Waals surface area contributed by atoms with E-state index in [1.807, 2.05) is 20.8 Å². The van der Waals surface area contributed by atoms with Crippen LogP contribution in [0.4, 0.5) is 0 Å². The summed E-state index contributed by atoms with van der Waals surface area (Å²) >= 11 is 0. The molecule has 3 unspecified atom stereocenters. The standard InChI is InChI=1S/C14H28O5Si/c1-7-20(8-2)19-10-9(3)16-13(15-6)12-11(10)17-14(4,5)18-12/h9-13,20H,7-8H2,1-6H3/t9?,10-,11?,12?,13+/m0/s1. The number of hydrogen-bond acceptors (Lipinski definition) is 5. The fourth-order valence-corrected chi connectivity index (χ4v) is 4.78. The molecule has 2 saturated heterocycles. The van der Waals surface area contributed by atoms with Crippen LogP contribution in [0.2, 0.25) is 12.1 Å². The molecule has 118 valence electrons. The Kier molecular flexibility index (Phi) is 5.26. The Bertz CT molecular complexity index is 321. The number of hydrogen-bond donors (Lipinski definition) is 0. The lowest BCUT2D eigenvalue weighted by molar-refractivity contribution is -0.259. The van der Waals surface area contributed by atoms with Gasteiger partial charge < -0.3 is 23.4 Å². The van der Waals surface area contributed by atoms with Gasteiger partial charge in [-0.15, -0.1) is 0 Å². The van der Waals surface area contributed by atoms with Gasteiger partial charge in [0.2, 0.25) is 0 Å². The Balaban J connectivity index is 2.15. The van der Waals surface area contributed by atoms with Gasteiger partial charge in [0.15, 0.2) is 21.1 Å². The molecule has 0 aliphatic carbocycles. The van der Waals surface area contributed by atoms with E-state index in [9.17, 15) is 0 Å². The normalized spacial score (nSPS) is 40.0. The summed E-state index contributed by atoms with van der Waals surface area (Å²) in [4.78, 5) is 0. The Morgan fingerprint density at radius 3 is 2.25 bits per heavy atom. The van der Waals surface area contributed by atoms with E-state index in [1.165, 1.54) is 0 Å². The monoisotopic (exact) mass is 304 g/mol. The molecular formula is C14H28O5Si. The van der Waals surface area contributed by atoms with Crippen molar-refractivity contribution in [1.82, 2.24) is 0 Å². The third kappa shape index (κ3) is 3.26. The highest BCUT2D eigenvalue weighted by molar-refractivity contribution is 6.51. The predicted octanol–water partition coefficient (Wildman–Crippen LogP) is 2.05. The lowest BCUT2D eigenvalue weighted by Crippen LogP contribution is -2.57. The maximum absolute atomic E-state index is 6.36. The van der Waals surface area contributed by atoms with Crippen molar-refractivity contribution >= 4 is 9.04 Å². The molecule has 0 aromatic carbocycles. The van der Waals surface area contributed by atoms with Crippen molar-refractivity contribution in [3.8, 4) is 0 Å². The van der Waals surface area contributed by atoms with E-state index in [1.54, 1.807) is 7.11 Å². The molecule has 0 saturated carbocycles. The average molecular weight is 304 g/mol. The molecule has 0 spiro atoms. The second-order valence-electron chi connectivity index (χ2n) is 6.05. The van der Waals surface area contributed by atoms with Crippen LogP contribution in [-0.4, -0.2) is 52.6 Å². The summed E-state index contributed by atoms with van der Waals surface area (Å²) in [6, 6.07) is 2.24. The van der Waals surface area contributed by atoms with E-state index in [-0.39, 0.29) is 30.7 Å². The summed E-state index contributed by atoms with van der Waals surface area (Å²) < 4.78 is 29.7. The highest BCUT2D eigenvalue weighted by atomic mass is 28.3. The summed E-state index contributed by atoms with van der Waals surface area (Å²) in [6.07, 6.45) is -0.845. The maximum atomic E-state index is 6.36. The van der Waals surface area contributed by atoms with Gasteiger partial charge in [-0.05, 0) is 32.9 Å². The van der Waals surface area contributed by atoms with Crippen molar-refractivity contribution in [1.29, 1.82) is 0 Å². The quantitative estimate of drug-likeness (QED) is 0.728. The molecule has 2 rings (SSSR count). The van der Waals surface area contributed by atoms with Gasteiger partial charge in [-0.3, -0.25) is 0 Å². The number of ether oxygens (including phenoxy) is 4. The fraction of sp³-hybridized carbons (Fsp3) is 1.00. The molecule has 2 heterocycles. The first-order chi connectivity index (χ1) is 9.41. The molecule has 0 radical (unpaired) electrons. The number of methoxy groups -OCH3 is 1. The van der Waals surface area contributed by atoms with Gasteiger partial charge in [0.1, 0.15) is 12.2 Å². The molecule has 0 aromatic heterocycles. The summed E-state index contributed by atoms with van der Waals surface area (Å²) in [5.74, 6) is -0.614. The van der Waals surface area contributed by atoms with Crippen LogP contribution in [0.15, 0.2) is 0 Å². The molecule has 0 N–H and O–H groups in total. The lowest BCUT2D eigenvalue weighted by atomic mass is 10.0. The SMILES string of the molecule is CC[SiH](CC)O[C@H]1C(C)O[C@@H](OC)C2OC(C)(C)OC21. The molecule has 20 heavy (non-hydrogen) atoms. The van der Waals surface area contributed by atoms with Gasteiger partial charge >= 0.3 is 0 Å². The highest BCUT2D eigenvalue weighted by Crippen LogP contribution is 2.39. The Labute approximate surface area is 123 Å². The predicted molar refractivity (Wildman–Crippen MR) is 78.2 cm³/mol. The van der Waals surface area contributed by atoms with E-state index in [0.717, 1.165) is 12.1 Å². The van der Waals surface area contributed by atoms with E-state index < -0.39 is 14.8 Å². The largest absolute Gasteiger partial charge is 0.412 e. The van der Waals surface area contributed by atoms with E-state index in [2.05, 4.69) is 13.8 Å². The van der Waals surface area contributed by atoms with Crippen molar-refractivity contribution < 1.29 is 23.4 Å². The summed E-state index contributed by atoms with van der Waals surface area (Å²) in [6.45, 7) is 10.3. The van der Waals surface area contributed by atoms with Gasteiger partial charge in [0.25, 0.3) is 0 Å². The fourth-order valence-electron chi connectivity index (χ4n) is 3.00. The van der Waals surface area contributed by atoms with Gasteiger partial charge in [-0.1, -0.05) is 13.8 Å². The zero-order valence-corrected chi connectivity index (χ0v) is 14.6. The topological polar surface area (TPSA) is 46.2 Å². The number of rotatable bonds is 5. The van der Waals surface area contributed by atoms with E-state index in [0.29, 0.717) is 0 Å². The molecular weight excluding hydrogens is 276 g/mol. The minimum absolute atomic E-state index is 0.0493. The maximum Gasteiger partial charge on any atom is 0.186 e. The van der Waals surface area contributed by atoms with Crippen LogP contribution in [0, 0.1) is 0 Å². The van der Waals surface area contributed by atoms with Crippen LogP contribution in [-0.2, 0) is 23.4 Å². The molecule has 2 aliphatic heterocycles. The van der Waals surface area contributed by atoms with Crippen molar-refractivity contribution in [3.63, 3.8) is 0 Å². The van der Waals surface area contributed by atoms with Gasteiger partial charge in [-0.25, -0.2) is 0 Å². The van der Waals surface area contributed by atoms with Gasteiger partial charge in [-0.2, -0.15) is 0 Å². The van der Waals surface area contributed by atoms with E-state index in [4.69, 9.17) is 23.4 Å². The van der Waals surface area contributed by atoms with Crippen LogP contribution in [0.1, 0.15) is 34.6 Å². The smallest absolute Gasteiger partial charge is 0.186 e. The van der Waals surface area contributed by atoms with Crippen molar-refractivity contribution in [3.05, 3.63) is 0 Å². The minimum atomic E-state index is -1.18. The molecule has 0 amide bonds. The molecule has 2 aliphatic rings. The van der Waals surface area contributed by atoms with Crippen LogP contribution in [0.3, 0.4) is 0 Å². The zero-order chi connectivity index (χ0) is 14.9. The lowest BCUT2D eigenvalue weighted by Gasteiger charge is -2.41. The molecule has 5 nitrogen and oxygen atoms in total. The van der Waals surface area contributed by atoms with Gasteiger partial charge in [0.05, 0.1) is 12.2 Å². The van der Waals surface area contributed by atoms with Crippen LogP contribution in [0.5, 0.6) is 0 Å². The van der Waals surface area contributed by atoms with Crippen molar-refractivity contribution in [2.45, 2.75) is 83.2 Å². The summed E-state index contributed by atoms with van der Waals surface area (Å²) in [5, 5.41) is 0. The second kappa shape index (κ2) is 6.42. The zero-order valence-electron chi connectivity index (χ0n) is 13.4. The first kappa shape index (κ1) is 16.4. The molecule has 0 aromatic rings. The molecule has 0 bridgehead atoms. The highest BCUT2D eigenvalue weighted by Gasteiger charge is 2.55. The van der Waals surface area contributed by atoms with Crippen molar-refractivity contribution in [2.24, 2.45) is 0 Å². The van der Waals surface area contributed by atoms with Crippen LogP contribution < -0.4 is 0 Å². The second-order valence-corrected chi connectivity index (χ2v) is 9.20. The minimum Gasteiger partial charge on any atom is -0.412 e. The third-order valence-corrected chi connectivity index (χ3v) is 6.58. The average Bonchev–Trinajstić information content (AvgIpc) is 2.72. The Morgan fingerprint density at radius 1 is 1.10 bits per heavy atom. The Hall–Kier alpha value is 0.0169. The molecule has 2 fully saturated rings. The van der Waals surface area contributed by atoms with Gasteiger partial charge in [0, 0.05) is 7.11 Å². The molecule has 6 heteroatoms. The van der Waals surface area contributed by atoms with Crippen LogP contribution >= 0.6 is 0 Å². The summed E-state index contributed by atoms with van der Waals surface area (Å²) in [5.41, 5.74) is 0. The summed E-state index contributed by atoms with van der Waals surface area (Å²) in [7, 11) is 0.455.